The molecule has 0 saturated heterocycles. The lowest BCUT2D eigenvalue weighted by atomic mass is 9.42. The molecule has 0 aliphatic heterocycles. The first-order valence-corrected chi connectivity index (χ1v) is 13.3. The van der Waals surface area contributed by atoms with Gasteiger partial charge in [0.05, 0.1) is 13.2 Å². The summed E-state index contributed by atoms with van der Waals surface area (Å²) in [5, 5.41) is 20.8. The van der Waals surface area contributed by atoms with E-state index in [1.54, 1.807) is 13.2 Å². The number of carbonyl (C=O) groups excluding carboxylic acids is 1. The molecule has 2 N–H and O–H groups in total. The molecule has 0 bridgehead atoms. The van der Waals surface area contributed by atoms with Gasteiger partial charge in [-0.15, -0.1) is 0 Å². The molecule has 4 nitrogen and oxygen atoms in total. The molecule has 0 spiro atoms. The monoisotopic (exact) mass is 454 g/mol. The number of hydrogen-bond donors (Lipinski definition) is 2. The second-order valence-electron chi connectivity index (χ2n) is 12.3. The minimum absolute atomic E-state index is 0.0808. The number of fused-ring (bicyclic) bond motifs is 5. The van der Waals surface area contributed by atoms with Crippen LogP contribution in [-0.2, 0) is 11.2 Å². The maximum atomic E-state index is 12.4. The molecule has 4 aliphatic carbocycles. The normalized spacial score (nSPS) is 42.4. The molecule has 0 radical (unpaired) electrons. The largest absolute Gasteiger partial charge is 0.504 e. The highest BCUT2D eigenvalue weighted by atomic mass is 16.5. The number of aryl methyl sites for hydroxylation is 1. The van der Waals surface area contributed by atoms with Crippen LogP contribution in [0.5, 0.6) is 11.5 Å². The Morgan fingerprint density at radius 2 is 1.88 bits per heavy atom. The fourth-order valence-corrected chi connectivity index (χ4v) is 8.94. The highest BCUT2D eigenvalue weighted by Crippen LogP contribution is 2.67. The number of ketones is 1. The van der Waals surface area contributed by atoms with Crippen molar-refractivity contribution in [2.45, 2.75) is 90.6 Å². The van der Waals surface area contributed by atoms with Crippen molar-refractivity contribution < 1.29 is 19.7 Å². The zero-order valence-corrected chi connectivity index (χ0v) is 20.7. The number of carbonyl (C=O) groups is 1. The molecular weight excluding hydrogens is 412 g/mol. The van der Waals surface area contributed by atoms with E-state index >= 15 is 0 Å². The van der Waals surface area contributed by atoms with Crippen molar-refractivity contribution in [2.75, 3.05) is 7.11 Å². The smallest absolute Gasteiger partial charge is 0.160 e. The van der Waals surface area contributed by atoms with E-state index in [9.17, 15) is 15.0 Å². The van der Waals surface area contributed by atoms with Gasteiger partial charge in [0.25, 0.3) is 0 Å². The Labute approximate surface area is 199 Å². The minimum Gasteiger partial charge on any atom is -0.504 e. The third-order valence-electron chi connectivity index (χ3n) is 10.9. The summed E-state index contributed by atoms with van der Waals surface area (Å²) in [6.07, 6.45) is 11.5. The van der Waals surface area contributed by atoms with Gasteiger partial charge >= 0.3 is 0 Å². The number of Topliss-reactive ketones (excluding diaryl/α,β-unsaturated/α-hetero) is 1. The summed E-state index contributed by atoms with van der Waals surface area (Å²) in [5.41, 5.74) is 1.59. The van der Waals surface area contributed by atoms with Crippen LogP contribution < -0.4 is 4.74 Å². The zero-order valence-electron chi connectivity index (χ0n) is 20.7. The molecule has 8 atom stereocenters. The number of hydrogen-bond acceptors (Lipinski definition) is 4. The lowest BCUT2D eigenvalue weighted by Crippen LogP contribution is -2.57. The van der Waals surface area contributed by atoms with Gasteiger partial charge in [-0.1, -0.05) is 19.9 Å². The van der Waals surface area contributed by atoms with Gasteiger partial charge in [0, 0.05) is 12.8 Å². The number of benzene rings is 1. The van der Waals surface area contributed by atoms with Crippen LogP contribution >= 0.6 is 0 Å². The average molecular weight is 455 g/mol. The van der Waals surface area contributed by atoms with Crippen molar-refractivity contribution >= 4 is 5.78 Å². The van der Waals surface area contributed by atoms with E-state index in [1.807, 2.05) is 12.1 Å². The fourth-order valence-electron chi connectivity index (χ4n) is 8.94. The van der Waals surface area contributed by atoms with E-state index in [-0.39, 0.29) is 17.3 Å². The Morgan fingerprint density at radius 3 is 2.67 bits per heavy atom. The molecule has 0 unspecified atom stereocenters. The van der Waals surface area contributed by atoms with E-state index in [2.05, 4.69) is 13.8 Å². The Hall–Kier alpha value is -1.55. The summed E-state index contributed by atoms with van der Waals surface area (Å²) in [6, 6.07) is 5.70. The van der Waals surface area contributed by atoms with Gasteiger partial charge < -0.3 is 14.9 Å². The highest BCUT2D eigenvalue weighted by molar-refractivity contribution is 5.79. The second-order valence-corrected chi connectivity index (χ2v) is 12.3. The first kappa shape index (κ1) is 23.2. The van der Waals surface area contributed by atoms with Gasteiger partial charge in [0.15, 0.2) is 11.5 Å². The molecular formula is C29H42O4. The number of phenolic OH excluding ortho intramolecular Hbond substituents is 1. The number of aliphatic hydroxyl groups excluding tert-OH is 1. The van der Waals surface area contributed by atoms with Gasteiger partial charge in [0.1, 0.15) is 5.78 Å². The van der Waals surface area contributed by atoms with Crippen molar-refractivity contribution in [3.63, 3.8) is 0 Å². The van der Waals surface area contributed by atoms with Gasteiger partial charge in [0.2, 0.25) is 0 Å². The van der Waals surface area contributed by atoms with Crippen molar-refractivity contribution in [3.05, 3.63) is 23.8 Å². The minimum atomic E-state index is -0.146. The predicted octanol–water partition coefficient (Wildman–Crippen LogP) is 5.92. The lowest BCUT2D eigenvalue weighted by molar-refractivity contribution is -0.156. The molecule has 0 heterocycles. The van der Waals surface area contributed by atoms with Crippen LogP contribution in [0.2, 0.25) is 0 Å². The lowest BCUT2D eigenvalue weighted by Gasteiger charge is -2.62. The van der Waals surface area contributed by atoms with Crippen LogP contribution in [0.4, 0.5) is 0 Å². The zero-order chi connectivity index (χ0) is 23.4. The molecule has 0 aromatic heterocycles. The van der Waals surface area contributed by atoms with Crippen LogP contribution in [0.15, 0.2) is 18.2 Å². The standard InChI is InChI=1S/C29H42O4/c1-28-13-11-21(30)17-20(28)16-19(6-4-5-18-7-9-24(31)25(15-18)33-3)27-22-8-10-26(32)29(22,2)14-12-23(27)28/h7,9,15,19-20,22-23,26-27,31-32H,4-6,8,10-14,16-17H2,1-3H3/t19-,20+,22+,23+,26+,27+,28+,29+/m1/s1. The molecule has 4 saturated carbocycles. The van der Waals surface area contributed by atoms with Crippen molar-refractivity contribution in [2.24, 2.45) is 40.4 Å². The molecule has 4 aliphatic rings. The fraction of sp³-hybridized carbons (Fsp3) is 0.759. The first-order valence-electron chi connectivity index (χ1n) is 13.3. The van der Waals surface area contributed by atoms with Crippen LogP contribution in [0.1, 0.15) is 83.6 Å². The van der Waals surface area contributed by atoms with Gasteiger partial charge in [-0.2, -0.15) is 0 Å². The van der Waals surface area contributed by atoms with E-state index in [4.69, 9.17) is 4.74 Å². The summed E-state index contributed by atoms with van der Waals surface area (Å²) < 4.78 is 5.30. The van der Waals surface area contributed by atoms with E-state index in [1.165, 1.54) is 31.2 Å². The molecule has 182 valence electrons. The predicted molar refractivity (Wildman–Crippen MR) is 129 cm³/mol. The topological polar surface area (TPSA) is 66.8 Å². The van der Waals surface area contributed by atoms with Crippen LogP contribution in [-0.4, -0.2) is 29.2 Å². The van der Waals surface area contributed by atoms with Gasteiger partial charge in [-0.3, -0.25) is 4.79 Å². The maximum Gasteiger partial charge on any atom is 0.160 e. The number of aromatic hydroxyl groups is 1. The summed E-state index contributed by atoms with van der Waals surface area (Å²) >= 11 is 0. The van der Waals surface area contributed by atoms with E-state index < -0.39 is 0 Å². The molecule has 4 heteroatoms. The summed E-state index contributed by atoms with van der Waals surface area (Å²) in [5.74, 6) is 4.41. The van der Waals surface area contributed by atoms with Crippen LogP contribution in [0, 0.1) is 40.4 Å². The Bertz CT molecular complexity index is 896. The highest BCUT2D eigenvalue weighted by Gasteiger charge is 2.62. The average Bonchev–Trinajstić information content (AvgIpc) is 3.10. The summed E-state index contributed by atoms with van der Waals surface area (Å²) in [7, 11) is 1.60. The summed E-state index contributed by atoms with van der Waals surface area (Å²) in [6.45, 7) is 4.87. The van der Waals surface area contributed by atoms with Crippen LogP contribution in [0.25, 0.3) is 0 Å². The Balaban J connectivity index is 1.37. The van der Waals surface area contributed by atoms with Crippen molar-refractivity contribution in [1.82, 2.24) is 0 Å². The molecule has 1 aromatic carbocycles. The first-order chi connectivity index (χ1) is 15.8. The number of ether oxygens (including phenoxy) is 1. The van der Waals surface area contributed by atoms with Crippen LogP contribution in [0.3, 0.4) is 0 Å². The van der Waals surface area contributed by atoms with Gasteiger partial charge in [-0.25, -0.2) is 0 Å². The number of phenols is 1. The number of methoxy groups -OCH3 is 1. The number of rotatable bonds is 5. The Morgan fingerprint density at radius 1 is 1.09 bits per heavy atom. The van der Waals surface area contributed by atoms with Gasteiger partial charge in [-0.05, 0) is 116 Å². The summed E-state index contributed by atoms with van der Waals surface area (Å²) in [4.78, 5) is 12.4. The van der Waals surface area contributed by atoms with Crippen molar-refractivity contribution in [1.29, 1.82) is 0 Å². The maximum absolute atomic E-state index is 12.4. The number of aliphatic hydroxyl groups is 1. The molecule has 5 rings (SSSR count). The third kappa shape index (κ3) is 3.81. The second kappa shape index (κ2) is 8.59. The molecule has 0 amide bonds. The van der Waals surface area contributed by atoms with E-state index in [0.29, 0.717) is 46.5 Å². The quantitative estimate of drug-likeness (QED) is 0.579. The van der Waals surface area contributed by atoms with Crippen molar-refractivity contribution in [3.8, 4) is 11.5 Å². The molecule has 33 heavy (non-hydrogen) atoms. The SMILES string of the molecule is COc1cc(CCC[C@@H]2C[C@H]3CC(=O)CC[C@]3(C)[C@H]3CC[C@]4(C)[C@@H](O)CC[C@H]4[C@H]23)ccc1O. The Kier molecular flexibility index (Phi) is 6.04. The molecule has 1 aromatic rings. The molecule has 4 fully saturated rings. The van der Waals surface area contributed by atoms with E-state index in [0.717, 1.165) is 44.9 Å². The third-order valence-corrected chi connectivity index (χ3v) is 10.9.